The zero-order valence-electron chi connectivity index (χ0n) is 16.7. The quantitative estimate of drug-likeness (QED) is 0.485. The van der Waals surface area contributed by atoms with Gasteiger partial charge in [-0.05, 0) is 47.5 Å². The van der Waals surface area contributed by atoms with E-state index >= 15 is 0 Å². The summed E-state index contributed by atoms with van der Waals surface area (Å²) in [6, 6.07) is 21.0. The van der Waals surface area contributed by atoms with Crippen LogP contribution in [0.25, 0.3) is 11.3 Å². The maximum absolute atomic E-state index is 13.5. The number of benzene rings is 3. The molecule has 7 heteroatoms. The van der Waals surface area contributed by atoms with Crippen molar-refractivity contribution in [2.75, 3.05) is 6.26 Å². The Hall–Kier alpha value is -3.29. The molecule has 0 saturated carbocycles. The standard InChI is InChI=1S/C24H20FNO4S/c1-31(28,29)21-13-7-17(8-14-21)23-22(26-16-30-23)15-24(27,18-5-3-2-4-6-18)19-9-11-20(25)12-10-19/h2-14,16,27H,15H2,1H3. The topological polar surface area (TPSA) is 80.4 Å². The van der Waals surface area contributed by atoms with Crippen LogP contribution in [0.2, 0.25) is 0 Å². The number of oxazole rings is 1. The van der Waals surface area contributed by atoms with Gasteiger partial charge in [-0.1, -0.05) is 42.5 Å². The molecule has 0 bridgehead atoms. The Bertz CT molecular complexity index is 1280. The van der Waals surface area contributed by atoms with Crippen LogP contribution in [-0.4, -0.2) is 24.8 Å². The average Bonchev–Trinajstić information content (AvgIpc) is 3.22. The Morgan fingerprint density at radius 1 is 0.935 bits per heavy atom. The van der Waals surface area contributed by atoms with Crippen molar-refractivity contribution in [1.82, 2.24) is 4.98 Å². The van der Waals surface area contributed by atoms with Crippen LogP contribution >= 0.6 is 0 Å². The summed E-state index contributed by atoms with van der Waals surface area (Å²) in [5.41, 5.74) is 0.787. The van der Waals surface area contributed by atoms with Gasteiger partial charge < -0.3 is 9.52 Å². The van der Waals surface area contributed by atoms with Gasteiger partial charge in [0.2, 0.25) is 0 Å². The number of nitrogens with zero attached hydrogens (tertiary/aromatic N) is 1. The lowest BCUT2D eigenvalue weighted by Crippen LogP contribution is -2.30. The first kappa shape index (κ1) is 21.0. The van der Waals surface area contributed by atoms with E-state index in [1.165, 1.54) is 30.7 Å². The molecule has 0 aliphatic rings. The minimum Gasteiger partial charge on any atom is -0.443 e. The molecule has 0 aliphatic heterocycles. The molecule has 4 aromatic rings. The molecule has 0 fully saturated rings. The van der Waals surface area contributed by atoms with E-state index in [4.69, 9.17) is 4.42 Å². The van der Waals surface area contributed by atoms with Crippen LogP contribution < -0.4 is 0 Å². The number of halogens is 1. The van der Waals surface area contributed by atoms with E-state index in [2.05, 4.69) is 4.98 Å². The summed E-state index contributed by atoms with van der Waals surface area (Å²) in [6.45, 7) is 0. The predicted molar refractivity (Wildman–Crippen MR) is 115 cm³/mol. The molecule has 1 N–H and O–H groups in total. The summed E-state index contributed by atoms with van der Waals surface area (Å²) < 4.78 is 42.5. The van der Waals surface area contributed by atoms with E-state index in [1.54, 1.807) is 36.4 Å². The highest BCUT2D eigenvalue weighted by Gasteiger charge is 2.34. The Balaban J connectivity index is 1.76. The Morgan fingerprint density at radius 2 is 1.55 bits per heavy atom. The van der Waals surface area contributed by atoms with E-state index in [9.17, 15) is 17.9 Å². The molecule has 158 valence electrons. The molecule has 31 heavy (non-hydrogen) atoms. The lowest BCUT2D eigenvalue weighted by molar-refractivity contribution is 0.0801. The molecule has 1 atom stereocenters. The van der Waals surface area contributed by atoms with Crippen LogP contribution in [0, 0.1) is 5.82 Å². The van der Waals surface area contributed by atoms with Crippen molar-refractivity contribution < 1.29 is 22.3 Å². The summed E-state index contributed by atoms with van der Waals surface area (Å²) in [4.78, 5) is 4.50. The van der Waals surface area contributed by atoms with E-state index in [0.717, 1.165) is 6.26 Å². The number of hydrogen-bond donors (Lipinski definition) is 1. The van der Waals surface area contributed by atoms with Gasteiger partial charge in [0, 0.05) is 18.2 Å². The summed E-state index contributed by atoms with van der Waals surface area (Å²) in [6.07, 6.45) is 2.50. The van der Waals surface area contributed by atoms with Crippen LogP contribution in [0.3, 0.4) is 0 Å². The molecule has 0 saturated heterocycles. The highest BCUT2D eigenvalue weighted by Crippen LogP contribution is 2.36. The highest BCUT2D eigenvalue weighted by molar-refractivity contribution is 7.90. The number of rotatable bonds is 6. The second kappa shape index (κ2) is 8.09. The van der Waals surface area contributed by atoms with Gasteiger partial charge in [0.15, 0.2) is 22.0 Å². The summed E-state index contributed by atoms with van der Waals surface area (Å²) in [5, 5.41) is 11.8. The largest absolute Gasteiger partial charge is 0.443 e. The van der Waals surface area contributed by atoms with E-state index < -0.39 is 21.3 Å². The molecule has 3 aromatic carbocycles. The van der Waals surface area contributed by atoms with Crippen molar-refractivity contribution in [3.8, 4) is 11.3 Å². The first-order chi connectivity index (χ1) is 14.8. The molecule has 0 radical (unpaired) electrons. The maximum atomic E-state index is 13.5. The summed E-state index contributed by atoms with van der Waals surface area (Å²) >= 11 is 0. The van der Waals surface area contributed by atoms with Crippen molar-refractivity contribution in [2.24, 2.45) is 0 Å². The smallest absolute Gasteiger partial charge is 0.181 e. The number of aliphatic hydroxyl groups is 1. The Kier molecular flexibility index (Phi) is 5.47. The molecule has 1 unspecified atom stereocenters. The molecular weight excluding hydrogens is 417 g/mol. The molecule has 4 rings (SSSR count). The Labute approximate surface area is 179 Å². The summed E-state index contributed by atoms with van der Waals surface area (Å²) in [7, 11) is -3.32. The second-order valence-electron chi connectivity index (χ2n) is 7.33. The lowest BCUT2D eigenvalue weighted by atomic mass is 9.82. The fraction of sp³-hybridized carbons (Fsp3) is 0.125. The van der Waals surface area contributed by atoms with Gasteiger partial charge in [-0.15, -0.1) is 0 Å². The average molecular weight is 437 g/mol. The fourth-order valence-electron chi connectivity index (χ4n) is 3.54. The monoisotopic (exact) mass is 437 g/mol. The van der Waals surface area contributed by atoms with E-state index in [1.807, 2.05) is 18.2 Å². The normalized spacial score (nSPS) is 13.6. The minimum absolute atomic E-state index is 0.0717. The van der Waals surface area contributed by atoms with E-state index in [-0.39, 0.29) is 11.3 Å². The molecule has 0 amide bonds. The third kappa shape index (κ3) is 4.28. The summed E-state index contributed by atoms with van der Waals surface area (Å²) in [5.74, 6) is 0.0313. The van der Waals surface area contributed by atoms with Gasteiger partial charge in [0.25, 0.3) is 0 Å². The first-order valence-electron chi connectivity index (χ1n) is 9.54. The molecule has 0 aliphatic carbocycles. The van der Waals surface area contributed by atoms with Crippen LogP contribution in [-0.2, 0) is 21.9 Å². The highest BCUT2D eigenvalue weighted by atomic mass is 32.2. The van der Waals surface area contributed by atoms with Crippen molar-refractivity contribution in [1.29, 1.82) is 0 Å². The van der Waals surface area contributed by atoms with Gasteiger partial charge in [0.1, 0.15) is 11.4 Å². The maximum Gasteiger partial charge on any atom is 0.181 e. The lowest BCUT2D eigenvalue weighted by Gasteiger charge is -2.29. The van der Waals surface area contributed by atoms with Crippen molar-refractivity contribution in [3.05, 3.63) is 108 Å². The Morgan fingerprint density at radius 3 is 2.16 bits per heavy atom. The van der Waals surface area contributed by atoms with Crippen LogP contribution in [0.15, 0.2) is 94.6 Å². The molecule has 0 spiro atoms. The number of hydrogen-bond acceptors (Lipinski definition) is 5. The number of aromatic nitrogens is 1. The van der Waals surface area contributed by atoms with E-state index in [0.29, 0.717) is 28.1 Å². The third-order valence-corrected chi connectivity index (χ3v) is 6.31. The number of sulfone groups is 1. The van der Waals surface area contributed by atoms with Gasteiger partial charge in [-0.3, -0.25) is 0 Å². The zero-order chi connectivity index (χ0) is 22.1. The third-order valence-electron chi connectivity index (χ3n) is 5.18. The fourth-order valence-corrected chi connectivity index (χ4v) is 4.17. The molecule has 1 aromatic heterocycles. The van der Waals surface area contributed by atoms with Gasteiger partial charge in [-0.2, -0.15) is 0 Å². The van der Waals surface area contributed by atoms with Gasteiger partial charge in [-0.25, -0.2) is 17.8 Å². The van der Waals surface area contributed by atoms with Crippen molar-refractivity contribution in [2.45, 2.75) is 16.9 Å². The zero-order valence-corrected chi connectivity index (χ0v) is 17.5. The predicted octanol–water partition coefficient (Wildman–Crippen LogP) is 4.36. The molecule has 1 heterocycles. The van der Waals surface area contributed by atoms with Crippen LogP contribution in [0.4, 0.5) is 4.39 Å². The second-order valence-corrected chi connectivity index (χ2v) is 9.35. The van der Waals surface area contributed by atoms with Gasteiger partial charge >= 0.3 is 0 Å². The van der Waals surface area contributed by atoms with Crippen LogP contribution in [0.1, 0.15) is 16.8 Å². The van der Waals surface area contributed by atoms with Crippen molar-refractivity contribution >= 4 is 9.84 Å². The molecule has 5 nitrogen and oxygen atoms in total. The minimum atomic E-state index is -3.32. The first-order valence-corrected chi connectivity index (χ1v) is 11.4. The van der Waals surface area contributed by atoms with Crippen molar-refractivity contribution in [3.63, 3.8) is 0 Å². The molecular formula is C24H20FNO4S. The SMILES string of the molecule is CS(=O)(=O)c1ccc(-c2ocnc2CC(O)(c2ccccc2)c2ccc(F)cc2)cc1. The van der Waals surface area contributed by atoms with Crippen LogP contribution in [0.5, 0.6) is 0 Å². The van der Waals surface area contributed by atoms with Gasteiger partial charge in [0.05, 0.1) is 10.6 Å².